The summed E-state index contributed by atoms with van der Waals surface area (Å²) in [6, 6.07) is 8.44. The van der Waals surface area contributed by atoms with Crippen LogP contribution in [-0.2, 0) is 4.79 Å². The number of carbonyl (C=O) groups excluding carboxylic acids is 1. The molecule has 0 fully saturated rings. The predicted molar refractivity (Wildman–Crippen MR) is 79.2 cm³/mol. The number of carbonyl (C=O) groups is 2. The lowest BCUT2D eigenvalue weighted by molar-refractivity contribution is -0.120. The first-order valence-corrected chi connectivity index (χ1v) is 6.67. The Bertz CT molecular complexity index is 789. The van der Waals surface area contributed by atoms with E-state index in [9.17, 15) is 14.7 Å². The molecule has 0 aromatic heterocycles. The molecule has 1 heterocycles. The van der Waals surface area contributed by atoms with Crippen molar-refractivity contribution in [3.8, 4) is 11.5 Å². The summed E-state index contributed by atoms with van der Waals surface area (Å²) >= 11 is 5.92. The minimum Gasteiger partial charge on any atom is -0.506 e. The Balaban J connectivity index is 2.20. The van der Waals surface area contributed by atoms with E-state index in [1.165, 1.54) is 41.3 Å². The largest absolute Gasteiger partial charge is 0.506 e. The van der Waals surface area contributed by atoms with Crippen LogP contribution in [-0.4, -0.2) is 28.7 Å². The molecule has 1 aliphatic rings. The molecule has 22 heavy (non-hydrogen) atoms. The van der Waals surface area contributed by atoms with E-state index in [0.29, 0.717) is 10.8 Å². The Morgan fingerprint density at radius 3 is 2.68 bits per heavy atom. The van der Waals surface area contributed by atoms with Crippen LogP contribution < -0.4 is 9.64 Å². The van der Waals surface area contributed by atoms with Crippen molar-refractivity contribution in [2.75, 3.05) is 11.5 Å². The fourth-order valence-electron chi connectivity index (χ4n) is 2.23. The first-order chi connectivity index (χ1) is 10.5. The summed E-state index contributed by atoms with van der Waals surface area (Å²) in [5, 5.41) is 19.4. The lowest BCUT2D eigenvalue weighted by atomic mass is 10.1. The van der Waals surface area contributed by atoms with Crippen LogP contribution in [0.4, 0.5) is 11.4 Å². The van der Waals surface area contributed by atoms with Gasteiger partial charge in [0.25, 0.3) is 5.91 Å². The van der Waals surface area contributed by atoms with Crippen LogP contribution in [0.3, 0.4) is 0 Å². The van der Waals surface area contributed by atoms with Gasteiger partial charge >= 0.3 is 5.97 Å². The van der Waals surface area contributed by atoms with Crippen molar-refractivity contribution in [2.24, 2.45) is 0 Å². The van der Waals surface area contributed by atoms with E-state index >= 15 is 0 Å². The van der Waals surface area contributed by atoms with Gasteiger partial charge in [-0.2, -0.15) is 0 Å². The van der Waals surface area contributed by atoms with Crippen molar-refractivity contribution in [2.45, 2.75) is 0 Å². The fraction of sp³-hybridized carbons (Fsp3) is 0.0667. The SMILES string of the molecule is O=C(O)c1ccc2c(c1)N(c1cc(Cl)ccc1O)C(=O)CO2. The Kier molecular flexibility index (Phi) is 3.38. The van der Waals surface area contributed by atoms with Gasteiger partial charge in [0.05, 0.1) is 16.9 Å². The molecule has 0 bridgehead atoms. The molecule has 112 valence electrons. The molecule has 1 aliphatic heterocycles. The Morgan fingerprint density at radius 2 is 1.95 bits per heavy atom. The number of carboxylic acids is 1. The molecule has 2 aromatic carbocycles. The summed E-state index contributed by atoms with van der Waals surface area (Å²) < 4.78 is 5.29. The number of hydrogen-bond acceptors (Lipinski definition) is 4. The molecule has 7 heteroatoms. The lowest BCUT2D eigenvalue weighted by Crippen LogP contribution is -2.35. The minimum absolute atomic E-state index is 0.00330. The maximum Gasteiger partial charge on any atom is 0.335 e. The highest BCUT2D eigenvalue weighted by Gasteiger charge is 2.29. The highest BCUT2D eigenvalue weighted by molar-refractivity contribution is 6.31. The molecule has 2 aromatic rings. The molecule has 2 N–H and O–H groups in total. The standard InChI is InChI=1S/C15H10ClNO5/c16-9-2-3-12(18)10(6-9)17-11-5-8(15(20)21)1-4-13(11)22-7-14(17)19/h1-6,18H,7H2,(H,20,21). The van der Waals surface area contributed by atoms with Gasteiger partial charge in [0.1, 0.15) is 11.5 Å². The molecule has 3 rings (SSSR count). The topological polar surface area (TPSA) is 87.1 Å². The summed E-state index contributed by atoms with van der Waals surface area (Å²) in [4.78, 5) is 24.5. The van der Waals surface area contributed by atoms with Crippen LogP contribution >= 0.6 is 11.6 Å². The summed E-state index contributed by atoms with van der Waals surface area (Å²) in [5.74, 6) is -1.36. The highest BCUT2D eigenvalue weighted by atomic mass is 35.5. The van der Waals surface area contributed by atoms with E-state index in [0.717, 1.165) is 0 Å². The number of phenols is 1. The number of aromatic hydroxyl groups is 1. The number of benzene rings is 2. The van der Waals surface area contributed by atoms with Crippen LogP contribution in [0.5, 0.6) is 11.5 Å². The van der Waals surface area contributed by atoms with Crippen molar-refractivity contribution in [1.29, 1.82) is 0 Å². The average molecular weight is 320 g/mol. The molecule has 1 amide bonds. The van der Waals surface area contributed by atoms with Crippen LogP contribution in [0.25, 0.3) is 0 Å². The molecule has 6 nitrogen and oxygen atoms in total. The minimum atomic E-state index is -1.13. The van der Waals surface area contributed by atoms with Gasteiger partial charge in [-0.3, -0.25) is 9.69 Å². The summed E-state index contributed by atoms with van der Waals surface area (Å²) in [6.45, 7) is -0.217. The van der Waals surface area contributed by atoms with Crippen molar-refractivity contribution in [1.82, 2.24) is 0 Å². The van der Waals surface area contributed by atoms with Gasteiger partial charge in [0, 0.05) is 5.02 Å². The van der Waals surface area contributed by atoms with E-state index in [4.69, 9.17) is 21.4 Å². The quantitative estimate of drug-likeness (QED) is 0.888. The van der Waals surface area contributed by atoms with Gasteiger partial charge in [0.2, 0.25) is 0 Å². The van der Waals surface area contributed by atoms with Crippen LogP contribution in [0.1, 0.15) is 10.4 Å². The second-order valence-corrected chi connectivity index (χ2v) is 5.07. The first-order valence-electron chi connectivity index (χ1n) is 6.29. The lowest BCUT2D eigenvalue weighted by Gasteiger charge is -2.30. The molecular formula is C15H10ClNO5. The second-order valence-electron chi connectivity index (χ2n) is 4.64. The third kappa shape index (κ3) is 2.33. The number of carboxylic acid groups (broad SMARTS) is 1. The number of hydrogen-bond donors (Lipinski definition) is 2. The van der Waals surface area contributed by atoms with Crippen molar-refractivity contribution >= 4 is 34.9 Å². The number of phenolic OH excluding ortho intramolecular Hbond substituents is 1. The number of anilines is 2. The van der Waals surface area contributed by atoms with E-state index in [-0.39, 0.29) is 29.3 Å². The second kappa shape index (κ2) is 5.23. The molecule has 0 saturated carbocycles. The Hall–Kier alpha value is -2.73. The van der Waals surface area contributed by atoms with E-state index in [2.05, 4.69) is 0 Å². The molecule has 0 unspecified atom stereocenters. The van der Waals surface area contributed by atoms with Gasteiger partial charge in [-0.1, -0.05) is 11.6 Å². The highest BCUT2D eigenvalue weighted by Crippen LogP contribution is 2.42. The monoisotopic (exact) mass is 319 g/mol. The maximum atomic E-state index is 12.2. The van der Waals surface area contributed by atoms with E-state index in [1.54, 1.807) is 0 Å². The summed E-state index contributed by atoms with van der Waals surface area (Å²) in [6.07, 6.45) is 0. The van der Waals surface area contributed by atoms with Gasteiger partial charge in [-0.05, 0) is 36.4 Å². The van der Waals surface area contributed by atoms with Crippen molar-refractivity contribution < 1.29 is 24.5 Å². The number of halogens is 1. The fourth-order valence-corrected chi connectivity index (χ4v) is 2.39. The zero-order valence-electron chi connectivity index (χ0n) is 11.1. The third-order valence-electron chi connectivity index (χ3n) is 3.23. The molecular weight excluding hydrogens is 310 g/mol. The predicted octanol–water partition coefficient (Wildman–Crippen LogP) is 2.80. The first kappa shape index (κ1) is 14.2. The molecule has 0 spiro atoms. The number of fused-ring (bicyclic) bond motifs is 1. The normalized spacial score (nSPS) is 13.5. The Morgan fingerprint density at radius 1 is 1.18 bits per heavy atom. The number of aromatic carboxylic acids is 1. The van der Waals surface area contributed by atoms with Gasteiger partial charge < -0.3 is 14.9 Å². The van der Waals surface area contributed by atoms with Crippen molar-refractivity contribution in [3.05, 3.63) is 47.0 Å². The number of nitrogens with zero attached hydrogens (tertiary/aromatic N) is 1. The molecule has 0 atom stereocenters. The van der Waals surface area contributed by atoms with Crippen LogP contribution in [0.2, 0.25) is 5.02 Å². The van der Waals surface area contributed by atoms with Gasteiger partial charge in [-0.15, -0.1) is 0 Å². The van der Waals surface area contributed by atoms with E-state index < -0.39 is 11.9 Å². The van der Waals surface area contributed by atoms with Gasteiger partial charge in [0.15, 0.2) is 6.61 Å². The number of amides is 1. The number of rotatable bonds is 2. The maximum absolute atomic E-state index is 12.2. The van der Waals surface area contributed by atoms with E-state index in [1.807, 2.05) is 0 Å². The summed E-state index contributed by atoms with van der Waals surface area (Å²) in [7, 11) is 0. The molecule has 0 saturated heterocycles. The zero-order valence-corrected chi connectivity index (χ0v) is 11.9. The van der Waals surface area contributed by atoms with Crippen LogP contribution in [0, 0.1) is 0 Å². The third-order valence-corrected chi connectivity index (χ3v) is 3.46. The van der Waals surface area contributed by atoms with Gasteiger partial charge in [-0.25, -0.2) is 4.79 Å². The summed E-state index contributed by atoms with van der Waals surface area (Å²) in [5.41, 5.74) is 0.418. The number of ether oxygens (including phenoxy) is 1. The smallest absolute Gasteiger partial charge is 0.335 e. The molecule has 0 aliphatic carbocycles. The van der Waals surface area contributed by atoms with Crippen molar-refractivity contribution in [3.63, 3.8) is 0 Å². The Labute approximate surface area is 130 Å². The molecule has 0 radical (unpaired) electrons. The zero-order chi connectivity index (χ0) is 15.9. The average Bonchev–Trinajstić information content (AvgIpc) is 2.49. The van der Waals surface area contributed by atoms with Crippen LogP contribution in [0.15, 0.2) is 36.4 Å².